The zero-order chi connectivity index (χ0) is 21.7. The van der Waals surface area contributed by atoms with Crippen molar-refractivity contribution in [3.8, 4) is 0 Å². The predicted octanol–water partition coefficient (Wildman–Crippen LogP) is 3.56. The first-order chi connectivity index (χ1) is 14.4. The molecule has 1 aromatic heterocycles. The molecule has 1 atom stereocenters. The normalized spacial score (nSPS) is 15.5. The zero-order valence-electron chi connectivity index (χ0n) is 16.5. The highest BCUT2D eigenvalue weighted by Gasteiger charge is 2.28. The number of hydrogen-bond acceptors (Lipinski definition) is 8. The van der Waals surface area contributed by atoms with E-state index in [0.717, 1.165) is 29.7 Å². The fraction of sp³-hybridized carbons (Fsp3) is 0.350. The van der Waals surface area contributed by atoms with Crippen LogP contribution in [0.2, 0.25) is 0 Å². The van der Waals surface area contributed by atoms with Crippen molar-refractivity contribution in [2.75, 3.05) is 19.0 Å². The first kappa shape index (κ1) is 21.4. The van der Waals surface area contributed by atoms with E-state index in [9.17, 15) is 19.7 Å². The molecule has 0 spiro atoms. The van der Waals surface area contributed by atoms with Gasteiger partial charge in [0.15, 0.2) is 6.61 Å². The number of thiophene rings is 1. The van der Waals surface area contributed by atoms with E-state index in [1.807, 2.05) is 0 Å². The molecule has 9 nitrogen and oxygen atoms in total. The molecule has 0 fully saturated rings. The molecule has 2 aromatic rings. The summed E-state index contributed by atoms with van der Waals surface area (Å²) in [7, 11) is 1.31. The molecule has 1 aromatic carbocycles. The van der Waals surface area contributed by atoms with Crippen LogP contribution < -0.4 is 5.32 Å². The number of oxime groups is 1. The van der Waals surface area contributed by atoms with Gasteiger partial charge < -0.3 is 14.9 Å². The van der Waals surface area contributed by atoms with Crippen molar-refractivity contribution in [1.82, 2.24) is 0 Å². The number of amides is 1. The lowest BCUT2D eigenvalue weighted by atomic mass is 9.88. The molecule has 1 N–H and O–H groups in total. The first-order valence-electron chi connectivity index (χ1n) is 9.31. The van der Waals surface area contributed by atoms with Crippen LogP contribution >= 0.6 is 11.3 Å². The van der Waals surface area contributed by atoms with E-state index in [1.165, 1.54) is 42.9 Å². The number of ether oxygens (including phenoxy) is 1. The number of anilines is 1. The minimum Gasteiger partial charge on any atom is -0.465 e. The topological polar surface area (TPSA) is 120 Å². The Labute approximate surface area is 176 Å². The molecule has 0 radical (unpaired) electrons. The highest BCUT2D eigenvalue weighted by atomic mass is 32.1. The fourth-order valence-corrected chi connectivity index (χ4v) is 4.65. The lowest BCUT2D eigenvalue weighted by molar-refractivity contribution is -0.384. The summed E-state index contributed by atoms with van der Waals surface area (Å²) >= 11 is 1.39. The SMILES string of the molecule is COC(=O)c1c(NC(=O)CO/N=C/c2cccc([N+](=O)[O-])c2)sc2c1CCC(C)C2. The van der Waals surface area contributed by atoms with Gasteiger partial charge in [-0.1, -0.05) is 24.2 Å². The van der Waals surface area contributed by atoms with Crippen LogP contribution in [0.4, 0.5) is 10.7 Å². The van der Waals surface area contributed by atoms with Crippen LogP contribution in [-0.4, -0.2) is 36.7 Å². The second kappa shape index (κ2) is 9.49. The predicted molar refractivity (Wildman–Crippen MR) is 112 cm³/mol. The number of methoxy groups -OCH3 is 1. The number of esters is 1. The summed E-state index contributed by atoms with van der Waals surface area (Å²) in [6, 6.07) is 5.86. The lowest BCUT2D eigenvalue weighted by Crippen LogP contribution is -2.19. The minimum absolute atomic E-state index is 0.0667. The molecule has 158 valence electrons. The van der Waals surface area contributed by atoms with Gasteiger partial charge in [-0.05, 0) is 30.7 Å². The molecule has 1 unspecified atom stereocenters. The Morgan fingerprint density at radius 2 is 2.23 bits per heavy atom. The van der Waals surface area contributed by atoms with Crippen molar-refractivity contribution in [2.24, 2.45) is 11.1 Å². The molecule has 0 saturated carbocycles. The molecule has 10 heteroatoms. The number of nitro benzene ring substituents is 1. The summed E-state index contributed by atoms with van der Waals surface area (Å²) in [6.07, 6.45) is 3.91. The number of non-ortho nitro benzene ring substituents is 1. The Kier molecular flexibility index (Phi) is 6.78. The summed E-state index contributed by atoms with van der Waals surface area (Å²) in [5.74, 6) is -0.415. The molecular weight excluding hydrogens is 410 g/mol. The Morgan fingerprint density at radius 1 is 1.43 bits per heavy atom. The largest absolute Gasteiger partial charge is 0.465 e. The summed E-state index contributed by atoms with van der Waals surface area (Å²) in [5.41, 5.74) is 1.77. The van der Waals surface area contributed by atoms with E-state index < -0.39 is 16.8 Å². The third kappa shape index (κ3) is 5.01. The van der Waals surface area contributed by atoms with E-state index in [-0.39, 0.29) is 12.3 Å². The standard InChI is InChI=1S/C20H21N3O6S/c1-12-6-7-15-16(8-12)30-19(18(15)20(25)28-2)22-17(24)11-29-21-10-13-4-3-5-14(9-13)23(26)27/h3-5,9-10,12H,6-8,11H2,1-2H3,(H,22,24)/b21-10+. The number of fused-ring (bicyclic) bond motifs is 1. The maximum absolute atomic E-state index is 12.3. The first-order valence-corrected chi connectivity index (χ1v) is 10.1. The van der Waals surface area contributed by atoms with Gasteiger partial charge in [0.2, 0.25) is 0 Å². The molecular formula is C20H21N3O6S. The number of rotatable bonds is 7. The smallest absolute Gasteiger partial charge is 0.341 e. The Balaban J connectivity index is 1.63. The molecule has 1 heterocycles. The van der Waals surface area contributed by atoms with Gasteiger partial charge in [0.05, 0.1) is 23.8 Å². The molecule has 3 rings (SSSR count). The van der Waals surface area contributed by atoms with E-state index in [2.05, 4.69) is 17.4 Å². The number of nitro groups is 1. The molecule has 0 aliphatic heterocycles. The number of nitrogens with zero attached hydrogens (tertiary/aromatic N) is 2. The maximum Gasteiger partial charge on any atom is 0.341 e. The fourth-order valence-electron chi connectivity index (χ4n) is 3.23. The summed E-state index contributed by atoms with van der Waals surface area (Å²) in [4.78, 5) is 40.9. The van der Waals surface area contributed by atoms with Gasteiger partial charge >= 0.3 is 5.97 Å². The third-order valence-corrected chi connectivity index (χ3v) is 5.88. The third-order valence-electron chi connectivity index (χ3n) is 4.71. The van der Waals surface area contributed by atoms with Crippen molar-refractivity contribution < 1.29 is 24.1 Å². The quantitative estimate of drug-likeness (QED) is 0.310. The van der Waals surface area contributed by atoms with Gasteiger partial charge in [-0.15, -0.1) is 11.3 Å². The van der Waals surface area contributed by atoms with Crippen LogP contribution in [0, 0.1) is 16.0 Å². The number of carbonyl (C=O) groups excluding carboxylic acids is 2. The van der Waals surface area contributed by atoms with Crippen molar-refractivity contribution in [3.63, 3.8) is 0 Å². The van der Waals surface area contributed by atoms with Crippen LogP contribution in [0.15, 0.2) is 29.4 Å². The van der Waals surface area contributed by atoms with E-state index in [1.54, 1.807) is 6.07 Å². The number of benzene rings is 1. The van der Waals surface area contributed by atoms with Gasteiger partial charge in [0.1, 0.15) is 5.00 Å². The summed E-state index contributed by atoms with van der Waals surface area (Å²) in [6.45, 7) is 1.79. The minimum atomic E-state index is -0.508. The second-order valence-electron chi connectivity index (χ2n) is 6.96. The van der Waals surface area contributed by atoms with Crippen LogP contribution in [0.25, 0.3) is 0 Å². The highest BCUT2D eigenvalue weighted by molar-refractivity contribution is 7.17. The molecule has 0 saturated heterocycles. The average molecular weight is 431 g/mol. The van der Waals surface area contributed by atoms with Crippen LogP contribution in [0.3, 0.4) is 0 Å². The molecule has 0 bridgehead atoms. The summed E-state index contributed by atoms with van der Waals surface area (Å²) in [5, 5.41) is 17.6. The second-order valence-corrected chi connectivity index (χ2v) is 8.06. The Hall–Kier alpha value is -3.27. The van der Waals surface area contributed by atoms with Gasteiger partial charge in [0.25, 0.3) is 11.6 Å². The van der Waals surface area contributed by atoms with Crippen molar-refractivity contribution >= 4 is 40.1 Å². The van der Waals surface area contributed by atoms with E-state index in [4.69, 9.17) is 9.57 Å². The van der Waals surface area contributed by atoms with E-state index >= 15 is 0 Å². The highest BCUT2D eigenvalue weighted by Crippen LogP contribution is 2.40. The molecule has 30 heavy (non-hydrogen) atoms. The monoisotopic (exact) mass is 431 g/mol. The number of nitrogens with one attached hydrogen (secondary N) is 1. The van der Waals surface area contributed by atoms with Crippen LogP contribution in [-0.2, 0) is 27.2 Å². The van der Waals surface area contributed by atoms with E-state index in [0.29, 0.717) is 22.0 Å². The Bertz CT molecular complexity index is 1000. The number of hydrogen-bond donors (Lipinski definition) is 1. The average Bonchev–Trinajstić information content (AvgIpc) is 3.07. The van der Waals surface area contributed by atoms with Crippen molar-refractivity contribution in [2.45, 2.75) is 26.2 Å². The van der Waals surface area contributed by atoms with Crippen molar-refractivity contribution in [1.29, 1.82) is 0 Å². The van der Waals surface area contributed by atoms with Gasteiger partial charge in [-0.25, -0.2) is 4.79 Å². The number of carbonyl (C=O) groups is 2. The van der Waals surface area contributed by atoms with Crippen molar-refractivity contribution in [3.05, 3.63) is 55.9 Å². The lowest BCUT2D eigenvalue weighted by Gasteiger charge is -2.18. The molecule has 1 aliphatic carbocycles. The zero-order valence-corrected chi connectivity index (χ0v) is 17.4. The van der Waals surface area contributed by atoms with Gasteiger partial charge in [-0.2, -0.15) is 0 Å². The van der Waals surface area contributed by atoms with Crippen LogP contribution in [0.1, 0.15) is 39.7 Å². The molecule has 1 amide bonds. The molecule has 1 aliphatic rings. The van der Waals surface area contributed by atoms with Gasteiger partial charge in [-0.3, -0.25) is 14.9 Å². The Morgan fingerprint density at radius 3 is 2.97 bits per heavy atom. The van der Waals surface area contributed by atoms with Gasteiger partial charge in [0, 0.05) is 22.6 Å². The maximum atomic E-state index is 12.3. The van der Waals surface area contributed by atoms with Crippen LogP contribution in [0.5, 0.6) is 0 Å². The summed E-state index contributed by atoms with van der Waals surface area (Å²) < 4.78 is 4.90.